The highest BCUT2D eigenvalue weighted by atomic mass is 35.5. The zero-order valence-corrected chi connectivity index (χ0v) is 10.1. The molecule has 90 valence electrons. The van der Waals surface area contributed by atoms with E-state index in [1.807, 2.05) is 0 Å². The van der Waals surface area contributed by atoms with Gasteiger partial charge in [-0.25, -0.2) is 0 Å². The van der Waals surface area contributed by atoms with Crippen LogP contribution < -0.4 is 10.6 Å². The average molecular weight is 237 g/mol. The summed E-state index contributed by atoms with van der Waals surface area (Å²) in [6, 6.07) is -0.148. The van der Waals surface area contributed by atoms with Crippen LogP contribution in [0, 0.1) is 0 Å². The van der Waals surface area contributed by atoms with Gasteiger partial charge in [-0.3, -0.25) is 4.79 Å². The summed E-state index contributed by atoms with van der Waals surface area (Å²) >= 11 is 0. The first-order chi connectivity index (χ1) is 6.84. The lowest BCUT2D eigenvalue weighted by Gasteiger charge is -2.22. The molecule has 0 spiro atoms. The van der Waals surface area contributed by atoms with Crippen LogP contribution in [-0.2, 0) is 9.53 Å². The van der Waals surface area contributed by atoms with E-state index in [1.165, 1.54) is 12.8 Å². The van der Waals surface area contributed by atoms with Crippen LogP contribution in [0.2, 0.25) is 0 Å². The molecule has 1 amide bonds. The third kappa shape index (κ3) is 5.97. The van der Waals surface area contributed by atoms with Crippen molar-refractivity contribution in [2.45, 2.75) is 32.2 Å². The molecule has 1 saturated heterocycles. The number of halogens is 1. The minimum absolute atomic E-state index is 0. The van der Waals surface area contributed by atoms with Crippen molar-refractivity contribution in [2.75, 3.05) is 26.3 Å². The molecule has 1 aliphatic rings. The first-order valence-corrected chi connectivity index (χ1v) is 5.43. The molecule has 0 aromatic rings. The van der Waals surface area contributed by atoms with E-state index in [-0.39, 0.29) is 24.4 Å². The van der Waals surface area contributed by atoms with Gasteiger partial charge in [-0.2, -0.15) is 0 Å². The fourth-order valence-electron chi connectivity index (χ4n) is 1.44. The Bertz CT molecular complexity index is 173. The highest BCUT2D eigenvalue weighted by Gasteiger charge is 2.20. The Morgan fingerprint density at radius 3 is 2.93 bits per heavy atom. The predicted molar refractivity (Wildman–Crippen MR) is 62.4 cm³/mol. The molecular formula is C10H21ClN2O2. The minimum atomic E-state index is -0.148. The van der Waals surface area contributed by atoms with Crippen molar-refractivity contribution < 1.29 is 9.53 Å². The van der Waals surface area contributed by atoms with Crippen LogP contribution in [0.3, 0.4) is 0 Å². The smallest absolute Gasteiger partial charge is 0.239 e. The van der Waals surface area contributed by atoms with Crippen LogP contribution in [0.5, 0.6) is 0 Å². The summed E-state index contributed by atoms with van der Waals surface area (Å²) in [4.78, 5) is 11.5. The maximum atomic E-state index is 11.5. The Morgan fingerprint density at radius 1 is 1.53 bits per heavy atom. The number of rotatable bonds is 5. The highest BCUT2D eigenvalue weighted by molar-refractivity contribution is 5.85. The molecule has 1 unspecified atom stereocenters. The van der Waals surface area contributed by atoms with Gasteiger partial charge in [0.25, 0.3) is 0 Å². The molecular weight excluding hydrogens is 216 g/mol. The van der Waals surface area contributed by atoms with Crippen molar-refractivity contribution in [3.63, 3.8) is 0 Å². The maximum absolute atomic E-state index is 11.5. The number of hydrogen-bond donors (Lipinski definition) is 2. The second-order valence-electron chi connectivity index (χ2n) is 3.58. The van der Waals surface area contributed by atoms with Crippen LogP contribution in [-0.4, -0.2) is 38.3 Å². The van der Waals surface area contributed by atoms with E-state index in [9.17, 15) is 4.79 Å². The molecule has 15 heavy (non-hydrogen) atoms. The van der Waals surface area contributed by atoms with Crippen molar-refractivity contribution in [3.8, 4) is 0 Å². The molecule has 1 heterocycles. The Kier molecular flexibility index (Phi) is 8.76. The number of carbonyl (C=O) groups excluding carboxylic acids is 1. The highest BCUT2D eigenvalue weighted by Crippen LogP contribution is 1.94. The maximum Gasteiger partial charge on any atom is 0.239 e. The van der Waals surface area contributed by atoms with Crippen LogP contribution in [0.4, 0.5) is 0 Å². The van der Waals surface area contributed by atoms with Gasteiger partial charge in [0, 0.05) is 13.1 Å². The van der Waals surface area contributed by atoms with E-state index in [4.69, 9.17) is 4.74 Å². The number of hydrogen-bond acceptors (Lipinski definition) is 3. The summed E-state index contributed by atoms with van der Waals surface area (Å²) in [7, 11) is 0. The summed E-state index contributed by atoms with van der Waals surface area (Å²) < 4.78 is 5.21. The fraction of sp³-hybridized carbons (Fsp3) is 0.900. The zero-order chi connectivity index (χ0) is 10.2. The molecule has 0 aromatic carbocycles. The second kappa shape index (κ2) is 8.95. The normalized spacial score (nSPS) is 20.5. The number of ether oxygens (including phenoxy) is 1. The van der Waals surface area contributed by atoms with E-state index in [0.717, 1.165) is 19.5 Å². The lowest BCUT2D eigenvalue weighted by Crippen LogP contribution is -2.51. The topological polar surface area (TPSA) is 50.4 Å². The monoisotopic (exact) mass is 236 g/mol. The van der Waals surface area contributed by atoms with E-state index >= 15 is 0 Å². The van der Waals surface area contributed by atoms with Gasteiger partial charge in [0.15, 0.2) is 0 Å². The molecule has 0 saturated carbocycles. The van der Waals surface area contributed by atoms with Gasteiger partial charge in [-0.1, -0.05) is 19.8 Å². The number of carbonyl (C=O) groups is 1. The van der Waals surface area contributed by atoms with Crippen LogP contribution in [0.15, 0.2) is 0 Å². The number of morpholine rings is 1. The lowest BCUT2D eigenvalue weighted by molar-refractivity contribution is -0.125. The second-order valence-corrected chi connectivity index (χ2v) is 3.58. The van der Waals surface area contributed by atoms with Crippen LogP contribution >= 0.6 is 12.4 Å². The third-order valence-electron chi connectivity index (χ3n) is 2.32. The Morgan fingerprint density at radius 2 is 2.33 bits per heavy atom. The van der Waals surface area contributed by atoms with Crippen LogP contribution in [0.1, 0.15) is 26.2 Å². The van der Waals surface area contributed by atoms with E-state index in [1.54, 1.807) is 0 Å². The summed E-state index contributed by atoms with van der Waals surface area (Å²) in [6.07, 6.45) is 3.42. The quantitative estimate of drug-likeness (QED) is 0.691. The van der Waals surface area contributed by atoms with Gasteiger partial charge in [-0.05, 0) is 6.42 Å². The SMILES string of the molecule is CCCCCNC(=O)C1COCCN1.Cl. The van der Waals surface area contributed by atoms with Crippen LogP contribution in [0.25, 0.3) is 0 Å². The van der Waals surface area contributed by atoms with Crippen molar-refractivity contribution in [1.29, 1.82) is 0 Å². The summed E-state index contributed by atoms with van der Waals surface area (Å²) in [5, 5.41) is 6.03. The van der Waals surface area contributed by atoms with Crippen molar-refractivity contribution >= 4 is 18.3 Å². The Hall–Kier alpha value is -0.320. The van der Waals surface area contributed by atoms with Gasteiger partial charge in [0.2, 0.25) is 5.91 Å². The molecule has 0 radical (unpaired) electrons. The average Bonchev–Trinajstić information content (AvgIpc) is 2.25. The van der Waals surface area contributed by atoms with Crippen molar-refractivity contribution in [2.24, 2.45) is 0 Å². The molecule has 0 aromatic heterocycles. The van der Waals surface area contributed by atoms with Crippen molar-refractivity contribution in [1.82, 2.24) is 10.6 Å². The molecule has 1 atom stereocenters. The van der Waals surface area contributed by atoms with E-state index < -0.39 is 0 Å². The molecule has 1 fully saturated rings. The molecule has 5 heteroatoms. The third-order valence-corrected chi connectivity index (χ3v) is 2.32. The zero-order valence-electron chi connectivity index (χ0n) is 9.25. The summed E-state index contributed by atoms with van der Waals surface area (Å²) in [5.74, 6) is 0.0702. The first kappa shape index (κ1) is 14.7. The fourth-order valence-corrected chi connectivity index (χ4v) is 1.44. The number of nitrogens with one attached hydrogen (secondary N) is 2. The van der Waals surface area contributed by atoms with E-state index in [0.29, 0.717) is 13.2 Å². The van der Waals surface area contributed by atoms with Gasteiger partial charge >= 0.3 is 0 Å². The van der Waals surface area contributed by atoms with Gasteiger partial charge in [0.05, 0.1) is 13.2 Å². The Labute approximate surface area is 97.5 Å². The minimum Gasteiger partial charge on any atom is -0.378 e. The Balaban J connectivity index is 0.00000196. The first-order valence-electron chi connectivity index (χ1n) is 5.43. The summed E-state index contributed by atoms with van der Waals surface area (Å²) in [6.45, 7) is 4.91. The molecule has 4 nitrogen and oxygen atoms in total. The summed E-state index contributed by atoms with van der Waals surface area (Å²) in [5.41, 5.74) is 0. The molecule has 0 aliphatic carbocycles. The molecule has 1 aliphatic heterocycles. The standard InChI is InChI=1S/C10H20N2O2.ClH/c1-2-3-4-5-12-10(13)9-8-14-7-6-11-9;/h9,11H,2-8H2,1H3,(H,12,13);1H. The lowest BCUT2D eigenvalue weighted by atomic mass is 10.2. The van der Waals surface area contributed by atoms with Gasteiger partial charge < -0.3 is 15.4 Å². The molecule has 1 rings (SSSR count). The van der Waals surface area contributed by atoms with Gasteiger partial charge in [0.1, 0.15) is 6.04 Å². The van der Waals surface area contributed by atoms with Crippen molar-refractivity contribution in [3.05, 3.63) is 0 Å². The molecule has 2 N–H and O–H groups in total. The number of unbranched alkanes of at least 4 members (excludes halogenated alkanes) is 2. The predicted octanol–water partition coefficient (Wildman–Crippen LogP) is 0.703. The van der Waals surface area contributed by atoms with E-state index in [2.05, 4.69) is 17.6 Å². The molecule has 0 bridgehead atoms. The van der Waals surface area contributed by atoms with Gasteiger partial charge in [-0.15, -0.1) is 12.4 Å². The number of amides is 1. The largest absolute Gasteiger partial charge is 0.378 e.